The number of benzene rings is 1. The standard InChI is InChI=1S/C16H24N2O/c1-13(17-2)15-4-6-16(7-5-15)18-10-8-14(9-11-18)12-19-3/h4-8,13,17H,9-12H2,1-3H3. The van der Waals surface area contributed by atoms with Gasteiger partial charge >= 0.3 is 0 Å². The van der Waals surface area contributed by atoms with E-state index in [4.69, 9.17) is 4.74 Å². The lowest BCUT2D eigenvalue weighted by Gasteiger charge is -2.28. The van der Waals surface area contributed by atoms with Crippen LogP contribution in [0.5, 0.6) is 0 Å². The molecule has 1 aliphatic heterocycles. The lowest BCUT2D eigenvalue weighted by molar-refractivity contribution is 0.222. The number of nitrogens with one attached hydrogen (secondary N) is 1. The summed E-state index contributed by atoms with van der Waals surface area (Å²) in [7, 11) is 3.75. The van der Waals surface area contributed by atoms with Gasteiger partial charge in [-0.05, 0) is 43.7 Å². The van der Waals surface area contributed by atoms with Gasteiger partial charge in [-0.3, -0.25) is 0 Å². The second kappa shape index (κ2) is 6.73. The summed E-state index contributed by atoms with van der Waals surface area (Å²) < 4.78 is 5.18. The summed E-state index contributed by atoms with van der Waals surface area (Å²) in [6.07, 6.45) is 3.39. The van der Waals surface area contributed by atoms with Crippen molar-refractivity contribution < 1.29 is 4.74 Å². The van der Waals surface area contributed by atoms with Gasteiger partial charge in [0.25, 0.3) is 0 Å². The van der Waals surface area contributed by atoms with Gasteiger partial charge in [-0.1, -0.05) is 18.2 Å². The third kappa shape index (κ3) is 3.58. The Labute approximate surface area is 116 Å². The van der Waals surface area contributed by atoms with Crippen LogP contribution < -0.4 is 10.2 Å². The molecule has 1 aromatic carbocycles. The molecule has 3 heteroatoms. The molecule has 0 fully saturated rings. The summed E-state index contributed by atoms with van der Waals surface area (Å²) in [6.45, 7) is 5.01. The van der Waals surface area contributed by atoms with E-state index < -0.39 is 0 Å². The molecule has 1 unspecified atom stereocenters. The van der Waals surface area contributed by atoms with Crippen LogP contribution in [0.2, 0.25) is 0 Å². The number of rotatable bonds is 5. The molecular formula is C16H24N2O. The summed E-state index contributed by atoms with van der Waals surface area (Å²) in [5.41, 5.74) is 4.05. The van der Waals surface area contributed by atoms with Crippen molar-refractivity contribution in [1.29, 1.82) is 0 Å². The van der Waals surface area contributed by atoms with E-state index >= 15 is 0 Å². The molecule has 1 N–H and O–H groups in total. The molecule has 0 saturated heterocycles. The van der Waals surface area contributed by atoms with Crippen molar-refractivity contribution in [2.75, 3.05) is 38.8 Å². The predicted molar refractivity (Wildman–Crippen MR) is 80.7 cm³/mol. The van der Waals surface area contributed by atoms with Crippen LogP contribution in [0.15, 0.2) is 35.9 Å². The average molecular weight is 260 g/mol. The first-order chi connectivity index (χ1) is 9.24. The van der Waals surface area contributed by atoms with Crippen LogP contribution in [0.3, 0.4) is 0 Å². The summed E-state index contributed by atoms with van der Waals surface area (Å²) >= 11 is 0. The summed E-state index contributed by atoms with van der Waals surface area (Å²) in [5, 5.41) is 3.26. The zero-order valence-corrected chi connectivity index (χ0v) is 12.1. The highest BCUT2D eigenvalue weighted by molar-refractivity contribution is 5.49. The Bertz CT molecular complexity index is 425. The van der Waals surface area contributed by atoms with Gasteiger partial charge < -0.3 is 15.0 Å². The van der Waals surface area contributed by atoms with E-state index in [1.807, 2.05) is 7.05 Å². The molecule has 0 aliphatic carbocycles. The summed E-state index contributed by atoms with van der Waals surface area (Å²) in [4.78, 5) is 2.41. The van der Waals surface area contributed by atoms with Crippen LogP contribution >= 0.6 is 0 Å². The van der Waals surface area contributed by atoms with Crippen LogP contribution in [0, 0.1) is 0 Å². The monoisotopic (exact) mass is 260 g/mol. The largest absolute Gasteiger partial charge is 0.380 e. The second-order valence-electron chi connectivity index (χ2n) is 5.09. The van der Waals surface area contributed by atoms with Crippen LogP contribution in [0.25, 0.3) is 0 Å². The molecule has 1 aromatic rings. The first-order valence-corrected chi connectivity index (χ1v) is 6.93. The molecule has 0 spiro atoms. The van der Waals surface area contributed by atoms with E-state index in [9.17, 15) is 0 Å². The Morgan fingerprint density at radius 3 is 2.58 bits per heavy atom. The minimum atomic E-state index is 0.406. The summed E-state index contributed by atoms with van der Waals surface area (Å²) in [5.74, 6) is 0. The van der Waals surface area contributed by atoms with Gasteiger partial charge in [0, 0.05) is 31.9 Å². The minimum absolute atomic E-state index is 0.406. The highest BCUT2D eigenvalue weighted by Gasteiger charge is 2.12. The van der Waals surface area contributed by atoms with Gasteiger partial charge in [0.05, 0.1) is 6.61 Å². The maximum absolute atomic E-state index is 5.18. The molecule has 3 nitrogen and oxygen atoms in total. The van der Waals surface area contributed by atoms with Crippen molar-refractivity contribution >= 4 is 5.69 Å². The molecule has 1 atom stereocenters. The molecule has 2 rings (SSSR count). The highest BCUT2D eigenvalue weighted by Crippen LogP contribution is 2.22. The first kappa shape index (κ1) is 14.1. The number of methoxy groups -OCH3 is 1. The van der Waals surface area contributed by atoms with Crippen molar-refractivity contribution in [2.45, 2.75) is 19.4 Å². The Kier molecular flexibility index (Phi) is 5.00. The zero-order chi connectivity index (χ0) is 13.7. The fourth-order valence-corrected chi connectivity index (χ4v) is 2.40. The molecule has 104 valence electrons. The zero-order valence-electron chi connectivity index (χ0n) is 12.1. The topological polar surface area (TPSA) is 24.5 Å². The van der Waals surface area contributed by atoms with Crippen LogP contribution in [0.4, 0.5) is 5.69 Å². The third-order valence-corrected chi connectivity index (χ3v) is 3.82. The molecule has 0 saturated carbocycles. The van der Waals surface area contributed by atoms with Gasteiger partial charge in [0.1, 0.15) is 0 Å². The summed E-state index contributed by atoms with van der Waals surface area (Å²) in [6, 6.07) is 9.27. The molecule has 0 bridgehead atoms. The van der Waals surface area contributed by atoms with Crippen LogP contribution in [-0.4, -0.2) is 33.9 Å². The van der Waals surface area contributed by atoms with E-state index in [-0.39, 0.29) is 0 Å². The van der Waals surface area contributed by atoms with Gasteiger partial charge in [-0.25, -0.2) is 0 Å². The van der Waals surface area contributed by atoms with Crippen molar-refractivity contribution in [1.82, 2.24) is 5.32 Å². The molecule has 0 amide bonds. The van der Waals surface area contributed by atoms with Crippen LogP contribution in [0.1, 0.15) is 24.9 Å². The van der Waals surface area contributed by atoms with Gasteiger partial charge in [0.15, 0.2) is 0 Å². The fourth-order valence-electron chi connectivity index (χ4n) is 2.40. The minimum Gasteiger partial charge on any atom is -0.380 e. The number of nitrogens with zero attached hydrogens (tertiary/aromatic N) is 1. The molecule has 1 aliphatic rings. The van der Waals surface area contributed by atoms with Gasteiger partial charge in [-0.15, -0.1) is 0 Å². The van der Waals surface area contributed by atoms with E-state index in [1.54, 1.807) is 7.11 Å². The molecule has 1 heterocycles. The maximum atomic E-state index is 5.18. The van der Waals surface area contributed by atoms with Crippen molar-refractivity contribution in [3.63, 3.8) is 0 Å². The smallest absolute Gasteiger partial charge is 0.0674 e. The number of hydrogen-bond acceptors (Lipinski definition) is 3. The number of anilines is 1. The molecule has 0 radical (unpaired) electrons. The normalized spacial score (nSPS) is 17.2. The highest BCUT2D eigenvalue weighted by atomic mass is 16.5. The maximum Gasteiger partial charge on any atom is 0.0674 e. The Morgan fingerprint density at radius 1 is 1.32 bits per heavy atom. The van der Waals surface area contributed by atoms with E-state index in [0.29, 0.717) is 6.04 Å². The van der Waals surface area contributed by atoms with Gasteiger partial charge in [-0.2, -0.15) is 0 Å². The molecule has 19 heavy (non-hydrogen) atoms. The van der Waals surface area contributed by atoms with E-state index in [1.165, 1.54) is 16.8 Å². The second-order valence-corrected chi connectivity index (χ2v) is 5.09. The molecular weight excluding hydrogens is 236 g/mol. The average Bonchev–Trinajstić information content (AvgIpc) is 2.48. The van der Waals surface area contributed by atoms with E-state index in [2.05, 4.69) is 47.5 Å². The van der Waals surface area contributed by atoms with E-state index in [0.717, 1.165) is 26.1 Å². The lowest BCUT2D eigenvalue weighted by atomic mass is 10.1. The third-order valence-electron chi connectivity index (χ3n) is 3.82. The van der Waals surface area contributed by atoms with Crippen molar-refractivity contribution in [2.24, 2.45) is 0 Å². The quantitative estimate of drug-likeness (QED) is 0.824. The Balaban J connectivity index is 2.00. The van der Waals surface area contributed by atoms with Crippen LogP contribution in [-0.2, 0) is 4.74 Å². The lowest BCUT2D eigenvalue weighted by Crippen LogP contribution is -2.29. The van der Waals surface area contributed by atoms with Gasteiger partial charge in [0.2, 0.25) is 0 Å². The fraction of sp³-hybridized carbons (Fsp3) is 0.500. The predicted octanol–water partition coefficient (Wildman–Crippen LogP) is 2.75. The Morgan fingerprint density at radius 2 is 2.05 bits per heavy atom. The van der Waals surface area contributed by atoms with Crippen molar-refractivity contribution in [3.8, 4) is 0 Å². The Hall–Kier alpha value is -1.32. The number of ether oxygens (including phenoxy) is 1. The first-order valence-electron chi connectivity index (χ1n) is 6.93. The van der Waals surface area contributed by atoms with Crippen molar-refractivity contribution in [3.05, 3.63) is 41.5 Å². The number of hydrogen-bond donors (Lipinski definition) is 1. The molecule has 0 aromatic heterocycles. The SMILES string of the molecule is CNC(C)c1ccc(N2CC=C(COC)CC2)cc1.